The first-order chi connectivity index (χ1) is 16.4. The number of hydrogen-bond acceptors (Lipinski definition) is 6. The van der Waals surface area contributed by atoms with Gasteiger partial charge in [-0.15, -0.1) is 11.3 Å². The normalized spacial score (nSPS) is 16.2. The SMILES string of the molecule is Cc1c(C(=O)Nc2cnc3ccccc3c2)sc2ncn(CC(=O)N3CCCC(C)C3)c(=O)c12. The zero-order valence-electron chi connectivity index (χ0n) is 19.1. The molecular formula is C25H25N5O3S. The van der Waals surface area contributed by atoms with Crippen LogP contribution in [0.25, 0.3) is 21.1 Å². The highest BCUT2D eigenvalue weighted by Crippen LogP contribution is 2.28. The molecule has 1 fully saturated rings. The summed E-state index contributed by atoms with van der Waals surface area (Å²) in [5, 5.41) is 4.18. The van der Waals surface area contributed by atoms with E-state index in [9.17, 15) is 14.4 Å². The summed E-state index contributed by atoms with van der Waals surface area (Å²) in [4.78, 5) is 50.5. The highest BCUT2D eigenvalue weighted by atomic mass is 32.1. The number of aromatic nitrogens is 3. The first-order valence-electron chi connectivity index (χ1n) is 11.3. The Labute approximate surface area is 200 Å². The third-order valence-corrected chi connectivity index (χ3v) is 7.49. The molecule has 1 atom stereocenters. The summed E-state index contributed by atoms with van der Waals surface area (Å²) in [7, 11) is 0. The van der Waals surface area contributed by atoms with Crippen LogP contribution in [0.2, 0.25) is 0 Å². The molecule has 1 N–H and O–H groups in total. The number of carbonyl (C=O) groups is 2. The average molecular weight is 476 g/mol. The van der Waals surface area contributed by atoms with E-state index in [-0.39, 0.29) is 23.9 Å². The van der Waals surface area contributed by atoms with E-state index in [0.717, 1.165) is 30.3 Å². The van der Waals surface area contributed by atoms with Crippen molar-refractivity contribution in [1.82, 2.24) is 19.4 Å². The predicted molar refractivity (Wildman–Crippen MR) is 133 cm³/mol. The number of piperidine rings is 1. The van der Waals surface area contributed by atoms with Crippen LogP contribution in [0.15, 0.2) is 47.7 Å². The fourth-order valence-corrected chi connectivity index (χ4v) is 5.51. The van der Waals surface area contributed by atoms with Gasteiger partial charge in [0.15, 0.2) is 0 Å². The Balaban J connectivity index is 1.40. The molecule has 1 aliphatic heterocycles. The molecule has 2 amide bonds. The maximum Gasteiger partial charge on any atom is 0.266 e. The van der Waals surface area contributed by atoms with Gasteiger partial charge in [-0.2, -0.15) is 0 Å². The number of para-hydroxylation sites is 1. The number of amides is 2. The topological polar surface area (TPSA) is 97.2 Å². The number of carbonyl (C=O) groups excluding carboxylic acids is 2. The average Bonchev–Trinajstić information content (AvgIpc) is 3.18. The Kier molecular flexibility index (Phi) is 5.87. The molecule has 34 heavy (non-hydrogen) atoms. The van der Waals surface area contributed by atoms with E-state index in [1.165, 1.54) is 22.2 Å². The van der Waals surface area contributed by atoms with Crippen LogP contribution in [-0.4, -0.2) is 44.3 Å². The molecule has 0 spiro atoms. The lowest BCUT2D eigenvalue weighted by atomic mass is 10.0. The zero-order chi connectivity index (χ0) is 23.8. The summed E-state index contributed by atoms with van der Waals surface area (Å²) < 4.78 is 1.35. The standard InChI is InChI=1S/C25H25N5O3S/c1-15-6-5-9-29(12-15)20(31)13-30-14-27-24-21(25(30)33)16(2)22(34-24)23(32)28-18-10-17-7-3-4-8-19(17)26-11-18/h3-4,7-8,10-11,14-15H,5-6,9,12-13H2,1-2H3,(H,28,32). The van der Waals surface area contributed by atoms with E-state index in [1.54, 1.807) is 13.1 Å². The van der Waals surface area contributed by atoms with Crippen molar-refractivity contribution in [2.24, 2.45) is 5.92 Å². The molecule has 1 aromatic carbocycles. The van der Waals surface area contributed by atoms with Crippen molar-refractivity contribution in [1.29, 1.82) is 0 Å². The minimum atomic E-state index is -0.318. The van der Waals surface area contributed by atoms with E-state index >= 15 is 0 Å². The molecule has 0 bridgehead atoms. The summed E-state index contributed by atoms with van der Waals surface area (Å²) in [6.07, 6.45) is 5.11. The second-order valence-electron chi connectivity index (χ2n) is 8.87. The number of anilines is 1. The highest BCUT2D eigenvalue weighted by molar-refractivity contribution is 7.20. The third kappa shape index (κ3) is 4.19. The molecule has 0 aliphatic carbocycles. The molecule has 8 nitrogen and oxygen atoms in total. The number of thiophene rings is 1. The van der Waals surface area contributed by atoms with Crippen LogP contribution in [0, 0.1) is 12.8 Å². The van der Waals surface area contributed by atoms with E-state index < -0.39 is 0 Å². The number of likely N-dealkylation sites (tertiary alicyclic amines) is 1. The van der Waals surface area contributed by atoms with Crippen LogP contribution in [-0.2, 0) is 11.3 Å². The Morgan fingerprint density at radius 2 is 2.06 bits per heavy atom. The second-order valence-corrected chi connectivity index (χ2v) is 9.87. The van der Waals surface area contributed by atoms with Crippen molar-refractivity contribution in [2.45, 2.75) is 33.2 Å². The molecule has 3 aromatic heterocycles. The lowest BCUT2D eigenvalue weighted by Gasteiger charge is -2.31. The molecule has 1 aliphatic rings. The maximum atomic E-state index is 13.2. The van der Waals surface area contributed by atoms with E-state index in [1.807, 2.05) is 35.2 Å². The van der Waals surface area contributed by atoms with Crippen LogP contribution >= 0.6 is 11.3 Å². The predicted octanol–water partition coefficient (Wildman–Crippen LogP) is 3.83. The van der Waals surface area contributed by atoms with Crippen molar-refractivity contribution in [3.63, 3.8) is 0 Å². The van der Waals surface area contributed by atoms with Crippen LogP contribution < -0.4 is 10.9 Å². The summed E-state index contributed by atoms with van der Waals surface area (Å²) in [5.41, 5.74) is 1.69. The van der Waals surface area contributed by atoms with Crippen LogP contribution in [0.5, 0.6) is 0 Å². The van der Waals surface area contributed by atoms with Gasteiger partial charge in [0, 0.05) is 18.5 Å². The molecule has 9 heteroatoms. The number of aryl methyl sites for hydroxylation is 1. The highest BCUT2D eigenvalue weighted by Gasteiger charge is 2.23. The number of fused-ring (bicyclic) bond motifs is 2. The minimum Gasteiger partial charge on any atom is -0.341 e. The molecule has 1 unspecified atom stereocenters. The summed E-state index contributed by atoms with van der Waals surface area (Å²) >= 11 is 1.17. The molecule has 4 aromatic rings. The van der Waals surface area contributed by atoms with E-state index in [0.29, 0.717) is 38.8 Å². The third-order valence-electron chi connectivity index (χ3n) is 6.29. The molecular weight excluding hydrogens is 450 g/mol. The van der Waals surface area contributed by atoms with Crippen LogP contribution in [0.4, 0.5) is 5.69 Å². The number of benzene rings is 1. The molecule has 0 radical (unpaired) electrons. The number of hydrogen-bond donors (Lipinski definition) is 1. The molecule has 0 saturated carbocycles. The van der Waals surface area contributed by atoms with Gasteiger partial charge < -0.3 is 10.2 Å². The van der Waals surface area contributed by atoms with Gasteiger partial charge in [-0.25, -0.2) is 4.98 Å². The van der Waals surface area contributed by atoms with Gasteiger partial charge in [0.2, 0.25) is 5.91 Å². The quantitative estimate of drug-likeness (QED) is 0.484. The Morgan fingerprint density at radius 1 is 1.24 bits per heavy atom. The lowest BCUT2D eigenvalue weighted by Crippen LogP contribution is -2.42. The number of nitrogens with zero attached hydrogens (tertiary/aromatic N) is 4. The van der Waals surface area contributed by atoms with Gasteiger partial charge in [-0.3, -0.25) is 23.9 Å². The molecule has 4 heterocycles. The fourth-order valence-electron chi connectivity index (χ4n) is 4.48. The van der Waals surface area contributed by atoms with E-state index in [4.69, 9.17) is 0 Å². The monoisotopic (exact) mass is 475 g/mol. The van der Waals surface area contributed by atoms with Crippen molar-refractivity contribution < 1.29 is 9.59 Å². The first kappa shape index (κ1) is 22.2. The van der Waals surface area contributed by atoms with Crippen molar-refractivity contribution in [3.8, 4) is 0 Å². The van der Waals surface area contributed by atoms with Gasteiger partial charge in [-0.1, -0.05) is 25.1 Å². The van der Waals surface area contributed by atoms with Crippen molar-refractivity contribution in [3.05, 3.63) is 63.7 Å². The lowest BCUT2D eigenvalue weighted by molar-refractivity contribution is -0.133. The Hall–Kier alpha value is -3.59. The maximum absolute atomic E-state index is 13.2. The largest absolute Gasteiger partial charge is 0.341 e. The van der Waals surface area contributed by atoms with Crippen molar-refractivity contribution in [2.75, 3.05) is 18.4 Å². The first-order valence-corrected chi connectivity index (χ1v) is 12.1. The molecule has 174 valence electrons. The minimum absolute atomic E-state index is 0.0476. The Morgan fingerprint density at radius 3 is 2.88 bits per heavy atom. The van der Waals surface area contributed by atoms with Gasteiger partial charge in [0.25, 0.3) is 11.5 Å². The zero-order valence-corrected chi connectivity index (χ0v) is 19.9. The van der Waals surface area contributed by atoms with Crippen molar-refractivity contribution >= 4 is 50.0 Å². The summed E-state index contributed by atoms with van der Waals surface area (Å²) in [6.45, 7) is 5.27. The summed E-state index contributed by atoms with van der Waals surface area (Å²) in [6, 6.07) is 9.53. The number of rotatable bonds is 4. The molecule has 1 saturated heterocycles. The van der Waals surface area contributed by atoms with Crippen LogP contribution in [0.1, 0.15) is 35.0 Å². The molecule has 5 rings (SSSR count). The number of pyridine rings is 1. The van der Waals surface area contributed by atoms with Gasteiger partial charge >= 0.3 is 0 Å². The van der Waals surface area contributed by atoms with Crippen LogP contribution in [0.3, 0.4) is 0 Å². The van der Waals surface area contributed by atoms with Gasteiger partial charge in [-0.05, 0) is 43.4 Å². The van der Waals surface area contributed by atoms with Gasteiger partial charge in [0.05, 0.1) is 34.0 Å². The summed E-state index contributed by atoms with van der Waals surface area (Å²) in [5.74, 6) is 0.0689. The Bertz CT molecular complexity index is 1470. The number of nitrogens with one attached hydrogen (secondary N) is 1. The smallest absolute Gasteiger partial charge is 0.266 e. The fraction of sp³-hybridized carbons (Fsp3) is 0.320. The second kappa shape index (κ2) is 8.98. The van der Waals surface area contributed by atoms with Gasteiger partial charge in [0.1, 0.15) is 11.4 Å². The van der Waals surface area contributed by atoms with E-state index in [2.05, 4.69) is 22.2 Å².